The summed E-state index contributed by atoms with van der Waals surface area (Å²) in [7, 11) is 3.00. The molecule has 0 aliphatic carbocycles. The number of rotatable bonds is 11. The molecule has 1 saturated heterocycles. The van der Waals surface area contributed by atoms with Crippen LogP contribution in [0.15, 0.2) is 54.7 Å². The number of methoxy groups -OCH3 is 2. The first kappa shape index (κ1) is 35.4. The Morgan fingerprint density at radius 1 is 1.04 bits per heavy atom. The third-order valence-corrected chi connectivity index (χ3v) is 8.35. The fraction of sp³-hybridized carbons (Fsp3) is 0.314. The Hall–Kier alpha value is -4.94. The van der Waals surface area contributed by atoms with Crippen molar-refractivity contribution in [2.24, 2.45) is 0 Å². The number of halogens is 2. The van der Waals surface area contributed by atoms with Crippen LogP contribution in [0.25, 0.3) is 22.5 Å². The van der Waals surface area contributed by atoms with E-state index < -0.39 is 11.7 Å². The lowest BCUT2D eigenvalue weighted by Gasteiger charge is -2.29. The molecule has 49 heavy (non-hydrogen) atoms. The van der Waals surface area contributed by atoms with E-state index in [9.17, 15) is 14.4 Å². The van der Waals surface area contributed by atoms with Gasteiger partial charge in [-0.15, -0.1) is 0 Å². The van der Waals surface area contributed by atoms with Crippen LogP contribution in [0.4, 0.5) is 16.3 Å². The predicted octanol–water partition coefficient (Wildman–Crippen LogP) is 7.10. The molecule has 1 fully saturated rings. The summed E-state index contributed by atoms with van der Waals surface area (Å²) in [6, 6.07) is 13.7. The van der Waals surface area contributed by atoms with E-state index in [1.54, 1.807) is 74.3 Å². The van der Waals surface area contributed by atoms with Crippen molar-refractivity contribution >= 4 is 53.0 Å². The number of carbonyl (C=O) groups is 3. The minimum atomic E-state index is -0.708. The van der Waals surface area contributed by atoms with Crippen LogP contribution in [-0.2, 0) is 16.1 Å². The lowest BCUT2D eigenvalue weighted by molar-refractivity contribution is -0.119. The van der Waals surface area contributed by atoms with E-state index in [1.807, 2.05) is 6.07 Å². The molecule has 2 amide bonds. The maximum atomic E-state index is 13.2. The number of hydrogen-bond acceptors (Lipinski definition) is 10. The number of nitrogens with one attached hydrogen (secondary N) is 2. The molecule has 0 spiro atoms. The minimum Gasteiger partial charge on any atom is -0.493 e. The van der Waals surface area contributed by atoms with E-state index >= 15 is 0 Å². The summed E-state index contributed by atoms with van der Waals surface area (Å²) in [6.45, 7) is 5.80. The summed E-state index contributed by atoms with van der Waals surface area (Å²) in [5.74, 6) is 0.984. The van der Waals surface area contributed by atoms with E-state index in [-0.39, 0.29) is 30.7 Å². The molecule has 0 radical (unpaired) electrons. The van der Waals surface area contributed by atoms with Crippen molar-refractivity contribution < 1.29 is 28.6 Å². The summed E-state index contributed by atoms with van der Waals surface area (Å²) >= 11 is 13.9. The second-order valence-corrected chi connectivity index (χ2v) is 13.0. The Bertz CT molecular complexity index is 1880. The molecule has 4 aromatic rings. The highest BCUT2D eigenvalue weighted by Crippen LogP contribution is 2.41. The third-order valence-electron chi connectivity index (χ3n) is 7.56. The highest BCUT2D eigenvalue weighted by Gasteiger charge is 2.29. The molecule has 5 rings (SSSR count). The van der Waals surface area contributed by atoms with Gasteiger partial charge in [0.15, 0.2) is 17.9 Å². The van der Waals surface area contributed by atoms with Crippen LogP contribution in [0, 0.1) is 0 Å². The number of amides is 2. The van der Waals surface area contributed by atoms with E-state index in [2.05, 4.69) is 20.6 Å². The molecule has 3 aromatic heterocycles. The third kappa shape index (κ3) is 8.38. The first-order chi connectivity index (χ1) is 23.4. The number of ether oxygens (including phenoxy) is 3. The van der Waals surface area contributed by atoms with Crippen LogP contribution in [0.1, 0.15) is 49.7 Å². The average Bonchev–Trinajstić information content (AvgIpc) is 3.49. The van der Waals surface area contributed by atoms with Crippen LogP contribution in [-0.4, -0.2) is 70.5 Å². The minimum absolute atomic E-state index is 0.0442. The normalized spacial score (nSPS) is 14.2. The highest BCUT2D eigenvalue weighted by atomic mass is 35.5. The van der Waals surface area contributed by atoms with Crippen molar-refractivity contribution in [2.45, 2.75) is 51.8 Å². The molecular weight excluding hydrogens is 671 g/mol. The van der Waals surface area contributed by atoms with Crippen molar-refractivity contribution in [1.29, 1.82) is 0 Å². The fourth-order valence-corrected chi connectivity index (χ4v) is 5.86. The quantitative estimate of drug-likeness (QED) is 0.155. The summed E-state index contributed by atoms with van der Waals surface area (Å²) in [6.07, 6.45) is 2.76. The molecule has 12 nitrogen and oxygen atoms in total. The Morgan fingerprint density at radius 2 is 1.84 bits per heavy atom. The Kier molecular flexibility index (Phi) is 10.9. The number of carbonyl (C=O) groups excluding carboxylic acids is 3. The van der Waals surface area contributed by atoms with Crippen molar-refractivity contribution in [3.63, 3.8) is 0 Å². The van der Waals surface area contributed by atoms with Gasteiger partial charge in [-0.3, -0.25) is 14.6 Å². The zero-order valence-electron chi connectivity index (χ0n) is 27.7. The monoisotopic (exact) mass is 706 g/mol. The largest absolute Gasteiger partial charge is 0.493 e. The first-order valence-corrected chi connectivity index (χ1v) is 16.2. The standard InChI is InChI=1S/C35H36Cl2N6O6/c1-35(2,3)49-34(46)43(18-21-11-14-28(45)39-21)17-20-9-12-25(42-33(20)48-5)23-15-16-38-31(30(23)37)24-7-6-8-26(29(24)36)41-32-27(47-4)13-10-22(19-44)40-32/h6-10,12-13,15-16,19,21H,11,14,17-18H2,1-5H3,(H,39,45)(H,40,41)/t21-/m0/s1. The summed E-state index contributed by atoms with van der Waals surface area (Å²) in [4.78, 5) is 51.5. The molecule has 1 aromatic carbocycles. The van der Waals surface area contributed by atoms with Gasteiger partial charge in [-0.05, 0) is 63.6 Å². The summed E-state index contributed by atoms with van der Waals surface area (Å²) in [5, 5.41) is 6.67. The zero-order valence-corrected chi connectivity index (χ0v) is 29.2. The molecule has 2 N–H and O–H groups in total. The number of aldehydes is 1. The molecule has 0 unspecified atom stereocenters. The van der Waals surface area contributed by atoms with Gasteiger partial charge in [0.05, 0.1) is 47.9 Å². The molecule has 14 heteroatoms. The highest BCUT2D eigenvalue weighted by molar-refractivity contribution is 6.39. The first-order valence-electron chi connectivity index (χ1n) is 15.4. The second kappa shape index (κ2) is 15.1. The zero-order chi connectivity index (χ0) is 35.3. The number of benzene rings is 1. The average molecular weight is 708 g/mol. The van der Waals surface area contributed by atoms with Gasteiger partial charge in [0.1, 0.15) is 11.3 Å². The molecule has 256 valence electrons. The number of anilines is 2. The molecule has 1 aliphatic rings. The van der Waals surface area contributed by atoms with Crippen molar-refractivity contribution in [3.8, 4) is 34.1 Å². The topological polar surface area (TPSA) is 145 Å². The van der Waals surface area contributed by atoms with Gasteiger partial charge in [0, 0.05) is 41.9 Å². The van der Waals surface area contributed by atoms with Crippen LogP contribution in [0.3, 0.4) is 0 Å². The SMILES string of the molecule is COc1ccc(C=O)nc1Nc1cccc(-c2nccc(-c3ccc(CN(C[C@@H]4CCC(=O)N4)C(=O)OC(C)(C)C)c(OC)n3)c2Cl)c1Cl. The Labute approximate surface area is 294 Å². The number of hydrogen-bond donors (Lipinski definition) is 2. The van der Waals surface area contributed by atoms with Gasteiger partial charge < -0.3 is 29.7 Å². The van der Waals surface area contributed by atoms with E-state index in [0.29, 0.717) is 80.4 Å². The molecule has 0 bridgehead atoms. The number of pyridine rings is 3. The summed E-state index contributed by atoms with van der Waals surface area (Å²) in [5.41, 5.74) is 2.68. The van der Waals surface area contributed by atoms with Gasteiger partial charge in [0.2, 0.25) is 11.8 Å². The van der Waals surface area contributed by atoms with Gasteiger partial charge in [-0.25, -0.2) is 14.8 Å². The van der Waals surface area contributed by atoms with Gasteiger partial charge in [-0.2, -0.15) is 0 Å². The van der Waals surface area contributed by atoms with Crippen molar-refractivity contribution in [1.82, 2.24) is 25.2 Å². The Morgan fingerprint density at radius 3 is 2.51 bits per heavy atom. The molecule has 1 aliphatic heterocycles. The number of nitrogens with zero attached hydrogens (tertiary/aromatic N) is 4. The lowest BCUT2D eigenvalue weighted by atomic mass is 10.1. The van der Waals surface area contributed by atoms with Crippen LogP contribution < -0.4 is 20.1 Å². The molecule has 1 atom stereocenters. The van der Waals surface area contributed by atoms with Crippen molar-refractivity contribution in [2.75, 3.05) is 26.1 Å². The van der Waals surface area contributed by atoms with Crippen LogP contribution >= 0.6 is 23.2 Å². The maximum Gasteiger partial charge on any atom is 0.410 e. The molecular formula is C35H36Cl2N6O6. The van der Waals surface area contributed by atoms with E-state index in [4.69, 9.17) is 42.4 Å². The van der Waals surface area contributed by atoms with E-state index in [0.717, 1.165) is 0 Å². The van der Waals surface area contributed by atoms with Crippen molar-refractivity contribution in [3.05, 3.63) is 76.0 Å². The van der Waals surface area contributed by atoms with Gasteiger partial charge in [-0.1, -0.05) is 35.3 Å². The van der Waals surface area contributed by atoms with Crippen LogP contribution in [0.5, 0.6) is 11.6 Å². The molecule has 4 heterocycles. The second-order valence-electron chi connectivity index (χ2n) is 12.2. The van der Waals surface area contributed by atoms with Crippen LogP contribution in [0.2, 0.25) is 10.0 Å². The van der Waals surface area contributed by atoms with Gasteiger partial charge >= 0.3 is 6.09 Å². The smallest absolute Gasteiger partial charge is 0.410 e. The number of aromatic nitrogens is 3. The molecule has 0 saturated carbocycles. The lowest BCUT2D eigenvalue weighted by Crippen LogP contribution is -2.43. The fourth-order valence-electron chi connectivity index (χ4n) is 5.28. The van der Waals surface area contributed by atoms with E-state index in [1.165, 1.54) is 14.2 Å². The Balaban J connectivity index is 1.45. The summed E-state index contributed by atoms with van der Waals surface area (Å²) < 4.78 is 16.7. The predicted molar refractivity (Wildman–Crippen MR) is 187 cm³/mol. The maximum absolute atomic E-state index is 13.2. The van der Waals surface area contributed by atoms with Gasteiger partial charge in [0.25, 0.3) is 0 Å².